The second-order valence-corrected chi connectivity index (χ2v) is 6.53. The molecular weight excluding hydrogens is 308 g/mol. The Kier molecular flexibility index (Phi) is 4.05. The summed E-state index contributed by atoms with van der Waals surface area (Å²) >= 11 is 1.53. The zero-order valence-electron chi connectivity index (χ0n) is 13.6. The molecular formula is C18H18N2O2S. The van der Waals surface area contributed by atoms with Crippen molar-refractivity contribution in [3.8, 4) is 5.75 Å². The van der Waals surface area contributed by atoms with Crippen molar-refractivity contribution in [2.45, 2.75) is 13.8 Å². The van der Waals surface area contributed by atoms with Crippen LogP contribution in [0.25, 0.3) is 10.2 Å². The minimum atomic E-state index is -0.263. The molecule has 0 saturated heterocycles. The van der Waals surface area contributed by atoms with Crippen LogP contribution < -0.4 is 9.54 Å². The third-order valence-corrected chi connectivity index (χ3v) is 4.83. The van der Waals surface area contributed by atoms with E-state index in [1.54, 1.807) is 25.3 Å². The highest BCUT2D eigenvalue weighted by atomic mass is 32.1. The molecule has 1 aromatic heterocycles. The Bertz CT molecular complexity index is 967. The van der Waals surface area contributed by atoms with Gasteiger partial charge in [-0.3, -0.25) is 4.79 Å². The van der Waals surface area contributed by atoms with Crippen LogP contribution in [0.2, 0.25) is 0 Å². The summed E-state index contributed by atoms with van der Waals surface area (Å²) in [6.45, 7) is 4.15. The van der Waals surface area contributed by atoms with Crippen LogP contribution in [-0.4, -0.2) is 17.6 Å². The number of benzene rings is 2. The number of hydrogen-bond donors (Lipinski definition) is 0. The summed E-state index contributed by atoms with van der Waals surface area (Å²) in [6.07, 6.45) is 0. The highest BCUT2D eigenvalue weighted by Gasteiger charge is 2.10. The SMILES string of the molecule is COc1cccc(C(=O)N=c2sc3cc(C)cc(C)c3n2C)c1. The molecule has 5 heteroatoms. The van der Waals surface area contributed by atoms with Crippen molar-refractivity contribution in [2.75, 3.05) is 7.11 Å². The van der Waals surface area contributed by atoms with Crippen molar-refractivity contribution < 1.29 is 9.53 Å². The molecule has 0 aliphatic carbocycles. The average molecular weight is 326 g/mol. The summed E-state index contributed by atoms with van der Waals surface area (Å²) < 4.78 is 8.28. The normalized spacial score (nSPS) is 11.9. The molecule has 1 heterocycles. The van der Waals surface area contributed by atoms with Crippen LogP contribution in [0.4, 0.5) is 0 Å². The van der Waals surface area contributed by atoms with Crippen molar-refractivity contribution in [2.24, 2.45) is 12.0 Å². The second kappa shape index (κ2) is 6.01. The van der Waals surface area contributed by atoms with Crippen LogP contribution in [0.3, 0.4) is 0 Å². The number of methoxy groups -OCH3 is 1. The number of ether oxygens (including phenoxy) is 1. The molecule has 23 heavy (non-hydrogen) atoms. The van der Waals surface area contributed by atoms with Gasteiger partial charge in [0.2, 0.25) is 0 Å². The van der Waals surface area contributed by atoms with Gasteiger partial charge in [-0.05, 0) is 49.2 Å². The number of carbonyl (C=O) groups is 1. The van der Waals surface area contributed by atoms with Crippen LogP contribution in [0.15, 0.2) is 41.4 Å². The number of carbonyl (C=O) groups excluding carboxylic acids is 1. The first-order chi connectivity index (χ1) is 11.0. The number of rotatable bonds is 2. The van der Waals surface area contributed by atoms with Gasteiger partial charge in [-0.2, -0.15) is 4.99 Å². The van der Waals surface area contributed by atoms with Crippen LogP contribution in [0.5, 0.6) is 5.75 Å². The Morgan fingerprint density at radius 2 is 2.00 bits per heavy atom. The van der Waals surface area contributed by atoms with Crippen LogP contribution in [-0.2, 0) is 7.05 Å². The lowest BCUT2D eigenvalue weighted by Gasteiger charge is -2.02. The van der Waals surface area contributed by atoms with Crippen LogP contribution >= 0.6 is 11.3 Å². The van der Waals surface area contributed by atoms with E-state index in [0.29, 0.717) is 16.1 Å². The summed E-state index contributed by atoms with van der Waals surface area (Å²) in [6, 6.07) is 11.3. The minimum absolute atomic E-state index is 0.263. The van der Waals surface area contributed by atoms with Crippen molar-refractivity contribution in [1.82, 2.24) is 4.57 Å². The zero-order valence-corrected chi connectivity index (χ0v) is 14.4. The lowest BCUT2D eigenvalue weighted by Crippen LogP contribution is -2.13. The number of aromatic nitrogens is 1. The molecule has 0 N–H and O–H groups in total. The molecule has 0 spiro atoms. The summed E-state index contributed by atoms with van der Waals surface area (Å²) in [5, 5.41) is 0. The quantitative estimate of drug-likeness (QED) is 0.722. The van der Waals surface area contributed by atoms with E-state index in [1.165, 1.54) is 22.5 Å². The number of hydrogen-bond acceptors (Lipinski definition) is 3. The van der Waals surface area contributed by atoms with E-state index in [-0.39, 0.29) is 5.91 Å². The predicted octanol–water partition coefficient (Wildman–Crippen LogP) is 3.61. The fourth-order valence-corrected chi connectivity index (χ4v) is 3.89. The molecule has 0 radical (unpaired) electrons. The van der Waals surface area contributed by atoms with Gasteiger partial charge in [0, 0.05) is 12.6 Å². The van der Waals surface area contributed by atoms with E-state index in [0.717, 1.165) is 10.2 Å². The molecule has 0 atom stereocenters. The Labute approximate surface area is 138 Å². The molecule has 3 aromatic rings. The number of aryl methyl sites for hydroxylation is 3. The van der Waals surface area contributed by atoms with E-state index >= 15 is 0 Å². The highest BCUT2D eigenvalue weighted by molar-refractivity contribution is 7.16. The van der Waals surface area contributed by atoms with Gasteiger partial charge < -0.3 is 9.30 Å². The third kappa shape index (κ3) is 2.92. The molecule has 0 aliphatic rings. The molecule has 1 amide bonds. The average Bonchev–Trinajstić information content (AvgIpc) is 2.83. The number of fused-ring (bicyclic) bond motifs is 1. The summed E-state index contributed by atoms with van der Waals surface area (Å²) in [4.78, 5) is 17.4. The molecule has 0 fully saturated rings. The molecule has 3 rings (SSSR count). The van der Waals surface area contributed by atoms with Gasteiger partial charge in [-0.1, -0.05) is 23.5 Å². The topological polar surface area (TPSA) is 43.6 Å². The third-order valence-electron chi connectivity index (χ3n) is 3.75. The molecule has 0 unspecified atom stereocenters. The number of nitrogens with zero attached hydrogens (tertiary/aromatic N) is 2. The lowest BCUT2D eigenvalue weighted by molar-refractivity contribution is 0.0997. The summed E-state index contributed by atoms with van der Waals surface area (Å²) in [5.74, 6) is 0.388. The molecule has 0 bridgehead atoms. The molecule has 118 valence electrons. The first kappa shape index (κ1) is 15.5. The van der Waals surface area contributed by atoms with Crippen molar-refractivity contribution in [3.63, 3.8) is 0 Å². The summed E-state index contributed by atoms with van der Waals surface area (Å²) in [7, 11) is 3.52. The highest BCUT2D eigenvalue weighted by Crippen LogP contribution is 2.22. The molecule has 0 saturated carbocycles. The predicted molar refractivity (Wildman–Crippen MR) is 93.2 cm³/mol. The maximum Gasteiger partial charge on any atom is 0.279 e. The molecule has 0 aliphatic heterocycles. The fraction of sp³-hybridized carbons (Fsp3) is 0.222. The van der Waals surface area contributed by atoms with Gasteiger partial charge in [0.1, 0.15) is 5.75 Å². The monoisotopic (exact) mass is 326 g/mol. The Morgan fingerprint density at radius 1 is 1.22 bits per heavy atom. The number of amides is 1. The Morgan fingerprint density at radius 3 is 2.74 bits per heavy atom. The van der Waals surface area contributed by atoms with E-state index in [1.807, 2.05) is 17.7 Å². The first-order valence-electron chi connectivity index (χ1n) is 7.29. The van der Waals surface area contributed by atoms with Crippen LogP contribution in [0, 0.1) is 13.8 Å². The van der Waals surface area contributed by atoms with Gasteiger partial charge in [-0.15, -0.1) is 0 Å². The van der Waals surface area contributed by atoms with Gasteiger partial charge in [0.15, 0.2) is 4.80 Å². The van der Waals surface area contributed by atoms with E-state index in [9.17, 15) is 4.79 Å². The Hall–Kier alpha value is -2.40. The maximum absolute atomic E-state index is 12.4. The van der Waals surface area contributed by atoms with Gasteiger partial charge in [0.25, 0.3) is 5.91 Å². The van der Waals surface area contributed by atoms with E-state index in [2.05, 4.69) is 31.0 Å². The minimum Gasteiger partial charge on any atom is -0.497 e. The van der Waals surface area contributed by atoms with E-state index in [4.69, 9.17) is 4.74 Å². The molecule has 2 aromatic carbocycles. The molecule has 4 nitrogen and oxygen atoms in total. The van der Waals surface area contributed by atoms with Gasteiger partial charge in [0.05, 0.1) is 17.3 Å². The second-order valence-electron chi connectivity index (χ2n) is 5.52. The van der Waals surface area contributed by atoms with Crippen LogP contribution in [0.1, 0.15) is 21.5 Å². The van der Waals surface area contributed by atoms with Crippen molar-refractivity contribution in [1.29, 1.82) is 0 Å². The fourth-order valence-electron chi connectivity index (χ4n) is 2.70. The smallest absolute Gasteiger partial charge is 0.279 e. The van der Waals surface area contributed by atoms with Gasteiger partial charge >= 0.3 is 0 Å². The Balaban J connectivity index is 2.12. The summed E-state index contributed by atoms with van der Waals surface area (Å²) in [5.41, 5.74) is 4.05. The van der Waals surface area contributed by atoms with Gasteiger partial charge in [-0.25, -0.2) is 0 Å². The number of thiazole rings is 1. The maximum atomic E-state index is 12.4. The van der Waals surface area contributed by atoms with Crippen molar-refractivity contribution in [3.05, 3.63) is 57.9 Å². The standard InChI is InChI=1S/C18H18N2O2S/c1-11-8-12(2)16-15(9-11)23-18(20(16)3)19-17(21)13-6-5-7-14(10-13)22-4/h5-10H,1-4H3. The first-order valence-corrected chi connectivity index (χ1v) is 8.11. The largest absolute Gasteiger partial charge is 0.497 e. The zero-order chi connectivity index (χ0) is 16.6. The lowest BCUT2D eigenvalue weighted by atomic mass is 10.1. The van der Waals surface area contributed by atoms with E-state index < -0.39 is 0 Å². The van der Waals surface area contributed by atoms with Crippen molar-refractivity contribution >= 4 is 27.5 Å².